The number of hydrazine groups is 1. The highest BCUT2D eigenvalue weighted by Crippen LogP contribution is 2.38. The van der Waals surface area contributed by atoms with E-state index in [-0.39, 0.29) is 72.9 Å². The number of nitrogens with zero attached hydrogens (tertiary/aromatic N) is 4. The summed E-state index contributed by atoms with van der Waals surface area (Å²) in [5, 5.41) is 2.77. The summed E-state index contributed by atoms with van der Waals surface area (Å²) >= 11 is 12.8. The van der Waals surface area contributed by atoms with Crippen molar-refractivity contribution in [2.75, 3.05) is 40.0 Å². The maximum atomic E-state index is 15.3. The van der Waals surface area contributed by atoms with Gasteiger partial charge in [-0.1, -0.05) is 71.7 Å². The zero-order chi connectivity index (χ0) is 41.9. The molecule has 5 heterocycles. The van der Waals surface area contributed by atoms with E-state index in [0.29, 0.717) is 35.7 Å². The fraction of sp³-hybridized carbons (Fsp3) is 0.295. The van der Waals surface area contributed by atoms with Gasteiger partial charge in [0.2, 0.25) is 5.88 Å². The Balaban J connectivity index is 1.10. The molecule has 2 saturated heterocycles. The van der Waals surface area contributed by atoms with E-state index in [0.717, 1.165) is 38.8 Å². The zero-order valence-electron chi connectivity index (χ0n) is 32.7. The predicted octanol–water partition coefficient (Wildman–Crippen LogP) is 9.09. The number of ether oxygens (including phenoxy) is 4. The molecule has 0 unspecified atom stereocenters. The van der Waals surface area contributed by atoms with E-state index in [2.05, 4.69) is 21.0 Å². The van der Waals surface area contributed by atoms with Gasteiger partial charge < -0.3 is 23.9 Å². The molecule has 3 aromatic carbocycles. The number of aromatic nitrogens is 3. The molecule has 0 radical (unpaired) electrons. The maximum Gasteiger partial charge on any atom is 0.286 e. The number of para-hydroxylation sites is 1. The van der Waals surface area contributed by atoms with Crippen molar-refractivity contribution in [1.29, 1.82) is 0 Å². The van der Waals surface area contributed by atoms with Crippen molar-refractivity contribution >= 4 is 50.2 Å². The molecule has 2 aliphatic rings. The number of hydrogen-bond donors (Lipinski definition) is 1. The number of benzene rings is 3. The SMILES string of the molecule is COC1(Cc2ccccc2-c2ccc(Cl)cc2)CCN(N(C(=O)c2ccccc2Oc2cnc3[nH]ccc3c2)S(=O)(=O)c2cnc(OCC3(F)CCOCC3)c(Cl)c2)CC1. The Bertz CT molecular complexity index is 2600. The second kappa shape index (κ2) is 17.5. The first-order valence-electron chi connectivity index (χ1n) is 19.4. The molecule has 60 heavy (non-hydrogen) atoms. The summed E-state index contributed by atoms with van der Waals surface area (Å²) < 4.78 is 69.2. The number of piperidine rings is 1. The highest BCUT2D eigenvalue weighted by Gasteiger charge is 2.43. The van der Waals surface area contributed by atoms with Gasteiger partial charge in [0.15, 0.2) is 0 Å². The van der Waals surface area contributed by atoms with E-state index in [4.69, 9.17) is 42.1 Å². The van der Waals surface area contributed by atoms with Gasteiger partial charge in [-0.15, -0.1) is 0 Å². The number of carbonyl (C=O) groups excluding carboxylic acids is 1. The largest absolute Gasteiger partial charge is 0.473 e. The first-order chi connectivity index (χ1) is 29.0. The molecule has 3 aromatic heterocycles. The Labute approximate surface area is 357 Å². The van der Waals surface area contributed by atoms with E-state index < -0.39 is 27.2 Å². The maximum absolute atomic E-state index is 15.3. The average Bonchev–Trinajstić information content (AvgIpc) is 3.73. The molecule has 0 bridgehead atoms. The molecule has 8 rings (SSSR count). The van der Waals surface area contributed by atoms with Crippen molar-refractivity contribution in [3.8, 4) is 28.5 Å². The number of H-pyrrole nitrogens is 1. The van der Waals surface area contributed by atoms with E-state index in [1.54, 1.807) is 37.6 Å². The summed E-state index contributed by atoms with van der Waals surface area (Å²) in [5.74, 6) is -0.532. The Morgan fingerprint density at radius 3 is 2.42 bits per heavy atom. The Hall–Kier alpha value is -5.09. The lowest BCUT2D eigenvalue weighted by molar-refractivity contribution is -0.0811. The van der Waals surface area contributed by atoms with Crippen molar-refractivity contribution in [2.45, 2.75) is 48.3 Å². The van der Waals surface area contributed by atoms with Crippen molar-refractivity contribution < 1.29 is 36.6 Å². The van der Waals surface area contributed by atoms with Gasteiger partial charge in [0, 0.05) is 69.3 Å². The molecule has 0 aliphatic carbocycles. The molecule has 1 N–H and O–H groups in total. The average molecular weight is 875 g/mol. The summed E-state index contributed by atoms with van der Waals surface area (Å²) in [6, 6.07) is 26.9. The van der Waals surface area contributed by atoms with Crippen LogP contribution in [-0.4, -0.2) is 90.0 Å². The number of alkyl halides is 1. The number of methoxy groups -OCH3 is 1. The lowest BCUT2D eigenvalue weighted by atomic mass is 9.83. The highest BCUT2D eigenvalue weighted by atomic mass is 35.5. The minimum absolute atomic E-state index is 0.0144. The van der Waals surface area contributed by atoms with E-state index in [1.165, 1.54) is 17.3 Å². The second-order valence-corrected chi connectivity index (χ2v) is 17.5. The van der Waals surface area contributed by atoms with E-state index in [1.807, 2.05) is 48.5 Å². The summed E-state index contributed by atoms with van der Waals surface area (Å²) in [6.45, 7) is 0.442. The molecule has 0 spiro atoms. The molecular formula is C44H42Cl2FN5O7S. The first-order valence-corrected chi connectivity index (χ1v) is 21.6. The number of sulfonamides is 1. The fourth-order valence-corrected chi connectivity index (χ4v) is 9.48. The van der Waals surface area contributed by atoms with Crippen LogP contribution in [-0.2, 0) is 25.9 Å². The molecule has 16 heteroatoms. The topological polar surface area (TPSA) is 136 Å². The quantitative estimate of drug-likeness (QED) is 0.120. The third-order valence-corrected chi connectivity index (χ3v) is 13.3. The summed E-state index contributed by atoms with van der Waals surface area (Å²) in [4.78, 5) is 26.1. The number of halogens is 3. The second-order valence-electron chi connectivity index (χ2n) is 14.9. The summed E-state index contributed by atoms with van der Waals surface area (Å²) in [6.07, 6.45) is 5.89. The van der Waals surface area contributed by atoms with Crippen molar-refractivity contribution in [3.05, 3.63) is 131 Å². The van der Waals surface area contributed by atoms with Gasteiger partial charge in [-0.2, -0.15) is 12.8 Å². The molecule has 12 nitrogen and oxygen atoms in total. The number of rotatable bonds is 13. The first kappa shape index (κ1) is 41.6. The highest BCUT2D eigenvalue weighted by molar-refractivity contribution is 7.89. The summed E-state index contributed by atoms with van der Waals surface area (Å²) in [7, 11) is -3.05. The van der Waals surface area contributed by atoms with Crippen LogP contribution in [0.5, 0.6) is 17.4 Å². The minimum atomic E-state index is -4.70. The molecule has 2 fully saturated rings. The number of aromatic amines is 1. The van der Waals surface area contributed by atoms with Crippen LogP contribution in [0.1, 0.15) is 41.6 Å². The number of fused-ring (bicyclic) bond motifs is 1. The number of hydrogen-bond acceptors (Lipinski definition) is 10. The standard InChI is InChI=1S/C44H42Cl2FN5O7S/c1-56-44(26-32-6-2-3-7-36(32)30-10-12-33(45)13-11-30)15-20-51(21-16-44)52(42(53)37-8-4-5-9-39(37)59-34-24-31-14-19-48-40(31)49-27-34)60(54,55)35-25-38(46)41(50-28-35)58-29-43(47)17-22-57-23-18-43/h2-14,19,24-25,27-28H,15-18,20-23,26,29H2,1H3,(H,48,49). The van der Waals surface area contributed by atoms with Gasteiger partial charge in [-0.3, -0.25) is 4.79 Å². The third-order valence-electron chi connectivity index (χ3n) is 11.1. The van der Waals surface area contributed by atoms with Crippen LogP contribution in [0.3, 0.4) is 0 Å². The Morgan fingerprint density at radius 1 is 0.933 bits per heavy atom. The molecule has 312 valence electrons. The van der Waals surface area contributed by atoms with Crippen LogP contribution in [0.4, 0.5) is 4.39 Å². The normalized spacial score (nSPS) is 16.7. The zero-order valence-corrected chi connectivity index (χ0v) is 35.0. The number of carbonyl (C=O) groups is 1. The monoisotopic (exact) mass is 873 g/mol. The van der Waals surface area contributed by atoms with Gasteiger partial charge in [-0.25, -0.2) is 19.4 Å². The Kier molecular flexibility index (Phi) is 12.1. The van der Waals surface area contributed by atoms with Gasteiger partial charge in [0.1, 0.15) is 39.3 Å². The molecular weight excluding hydrogens is 832 g/mol. The molecule has 2 aliphatic heterocycles. The summed E-state index contributed by atoms with van der Waals surface area (Å²) in [5.41, 5.74) is 1.39. The number of nitrogens with one attached hydrogen (secondary N) is 1. The van der Waals surface area contributed by atoms with E-state index >= 15 is 4.39 Å². The van der Waals surface area contributed by atoms with Crippen molar-refractivity contribution in [3.63, 3.8) is 0 Å². The van der Waals surface area contributed by atoms with Crippen LogP contribution < -0.4 is 9.47 Å². The third kappa shape index (κ3) is 8.85. The van der Waals surface area contributed by atoms with Gasteiger partial charge in [0.25, 0.3) is 15.9 Å². The molecule has 6 aromatic rings. The van der Waals surface area contributed by atoms with Crippen LogP contribution >= 0.6 is 23.2 Å². The predicted molar refractivity (Wildman–Crippen MR) is 226 cm³/mol. The van der Waals surface area contributed by atoms with Crippen molar-refractivity contribution in [1.82, 2.24) is 24.4 Å². The van der Waals surface area contributed by atoms with Gasteiger partial charge >= 0.3 is 0 Å². The lowest BCUT2D eigenvalue weighted by Gasteiger charge is -2.44. The van der Waals surface area contributed by atoms with Crippen molar-refractivity contribution in [2.24, 2.45) is 0 Å². The fourth-order valence-electron chi connectivity index (χ4n) is 7.63. The lowest BCUT2D eigenvalue weighted by Crippen LogP contribution is -2.56. The van der Waals surface area contributed by atoms with E-state index in [9.17, 15) is 13.2 Å². The van der Waals surface area contributed by atoms with Crippen LogP contribution in [0.25, 0.3) is 22.2 Å². The number of amides is 1. The Morgan fingerprint density at radius 2 is 1.67 bits per heavy atom. The van der Waals surface area contributed by atoms with Gasteiger partial charge in [0.05, 0.1) is 23.6 Å². The van der Waals surface area contributed by atoms with Gasteiger partial charge in [-0.05, 0) is 72.0 Å². The number of pyridine rings is 2. The molecule has 0 atom stereocenters. The smallest absolute Gasteiger partial charge is 0.286 e. The molecule has 0 saturated carbocycles. The minimum Gasteiger partial charge on any atom is -0.473 e. The van der Waals surface area contributed by atoms with Crippen LogP contribution in [0, 0.1) is 0 Å². The van der Waals surface area contributed by atoms with Crippen LogP contribution in [0.2, 0.25) is 10.0 Å². The van der Waals surface area contributed by atoms with Crippen LogP contribution in [0.15, 0.2) is 114 Å². The molecule has 1 amide bonds.